The second-order valence-electron chi connectivity index (χ2n) is 6.57. The highest BCUT2D eigenvalue weighted by Gasteiger charge is 2.57. The van der Waals surface area contributed by atoms with Gasteiger partial charge in [-0.05, 0) is 5.53 Å². The molecular formula is C10H14FN8O13P3. The third-order valence-electron chi connectivity index (χ3n) is 4.15. The number of aromatic nitrogens is 4. The van der Waals surface area contributed by atoms with E-state index in [0.29, 0.717) is 0 Å². The summed E-state index contributed by atoms with van der Waals surface area (Å²) in [5.41, 5.74) is 10.0. The second-order valence-corrected chi connectivity index (χ2v) is 11.0. The van der Waals surface area contributed by atoms with E-state index in [0.717, 1.165) is 10.9 Å². The molecule has 1 saturated heterocycles. The highest BCUT2D eigenvalue weighted by atomic mass is 31.3. The summed E-state index contributed by atoms with van der Waals surface area (Å²) in [6.45, 7) is -1.51. The first-order valence-corrected chi connectivity index (χ1v) is 13.1. The number of phosphoric ester groups is 1. The third-order valence-corrected chi connectivity index (χ3v) is 7.93. The van der Waals surface area contributed by atoms with Gasteiger partial charge in [0.25, 0.3) is 5.56 Å². The lowest BCUT2D eigenvalue weighted by molar-refractivity contribution is -0.120. The molecule has 0 spiro atoms. The number of rotatable bonds is 9. The van der Waals surface area contributed by atoms with E-state index in [1.807, 2.05) is 0 Å². The molecule has 0 bridgehead atoms. The maximum Gasteiger partial charge on any atom is 0.490 e. The van der Waals surface area contributed by atoms with Gasteiger partial charge in [-0.15, -0.1) is 0 Å². The maximum atomic E-state index is 15.0. The van der Waals surface area contributed by atoms with Crippen LogP contribution < -0.4 is 11.3 Å². The van der Waals surface area contributed by atoms with Gasteiger partial charge in [-0.25, -0.2) is 23.1 Å². The Labute approximate surface area is 190 Å². The van der Waals surface area contributed by atoms with Crippen molar-refractivity contribution in [2.24, 2.45) is 5.11 Å². The van der Waals surface area contributed by atoms with E-state index >= 15 is 4.39 Å². The van der Waals surface area contributed by atoms with Crippen LogP contribution in [-0.2, 0) is 31.6 Å². The van der Waals surface area contributed by atoms with Crippen molar-refractivity contribution in [3.63, 3.8) is 0 Å². The first-order chi connectivity index (χ1) is 16.0. The Bertz CT molecular complexity index is 1390. The quantitative estimate of drug-likeness (QED) is 0.0852. The van der Waals surface area contributed by atoms with Gasteiger partial charge in [-0.3, -0.25) is 18.9 Å². The van der Waals surface area contributed by atoms with Gasteiger partial charge in [0.15, 0.2) is 23.6 Å². The Morgan fingerprint density at radius 3 is 2.57 bits per heavy atom. The van der Waals surface area contributed by atoms with Crippen LogP contribution in [0.5, 0.6) is 0 Å². The van der Waals surface area contributed by atoms with Crippen LogP contribution in [0, 0.1) is 0 Å². The van der Waals surface area contributed by atoms with Crippen molar-refractivity contribution in [1.29, 1.82) is 0 Å². The zero-order chi connectivity index (χ0) is 26.4. The minimum absolute atomic E-state index is 0.320. The Hall–Kier alpha value is -2.28. The number of aromatic amines is 1. The van der Waals surface area contributed by atoms with Crippen molar-refractivity contribution in [2.45, 2.75) is 24.2 Å². The van der Waals surface area contributed by atoms with Crippen LogP contribution in [0.3, 0.4) is 0 Å². The standard InChI is InChI=1S/C10H14FN8O13P3/c11-3-5(20)10(17-18-13,1-29-34(25,26)32-35(27,28)31-33(22,23)24)30-8(3)19-2-14-4-6(19)15-9(12)16-7(4)21/h2-3,5,8,20H,1H2,(H,25,26)(H,27,28)(H2,22,23,24)(H3,12,15,16,21)/t3-,5+,8-,10?/m1/s1. The molecule has 21 nitrogen and oxygen atoms in total. The summed E-state index contributed by atoms with van der Waals surface area (Å²) in [5.74, 6) is -0.396. The number of azide groups is 1. The van der Waals surface area contributed by atoms with E-state index in [9.17, 15) is 33.4 Å². The number of halogens is 1. The molecule has 35 heavy (non-hydrogen) atoms. The van der Waals surface area contributed by atoms with Crippen LogP contribution in [0.15, 0.2) is 16.2 Å². The van der Waals surface area contributed by atoms with Crippen molar-refractivity contribution < 1.29 is 60.6 Å². The second kappa shape index (κ2) is 9.30. The summed E-state index contributed by atoms with van der Waals surface area (Å²) in [4.78, 5) is 59.7. The van der Waals surface area contributed by atoms with E-state index < -0.39 is 65.8 Å². The molecule has 8 N–H and O–H groups in total. The summed E-state index contributed by atoms with van der Waals surface area (Å²) < 4.78 is 66.5. The van der Waals surface area contributed by atoms with Crippen LogP contribution in [0.1, 0.15) is 6.23 Å². The van der Waals surface area contributed by atoms with Crippen LogP contribution in [0.25, 0.3) is 21.6 Å². The van der Waals surface area contributed by atoms with Gasteiger partial charge in [0.05, 0.1) is 12.9 Å². The minimum atomic E-state index is -5.90. The smallest absolute Gasteiger partial charge is 0.387 e. The van der Waals surface area contributed by atoms with Crippen LogP contribution in [0.2, 0.25) is 0 Å². The van der Waals surface area contributed by atoms with Crippen LogP contribution >= 0.6 is 23.5 Å². The monoisotopic (exact) mass is 566 g/mol. The number of nitrogens with two attached hydrogens (primary N) is 1. The van der Waals surface area contributed by atoms with Gasteiger partial charge in [-0.2, -0.15) is 13.6 Å². The summed E-state index contributed by atoms with van der Waals surface area (Å²) in [7, 11) is -17.3. The summed E-state index contributed by atoms with van der Waals surface area (Å²) in [5, 5.41) is 13.4. The summed E-state index contributed by atoms with van der Waals surface area (Å²) >= 11 is 0. The topological polar surface area (TPSA) is 328 Å². The Balaban J connectivity index is 1.89. The van der Waals surface area contributed by atoms with E-state index in [2.05, 4.69) is 38.1 Å². The molecule has 1 fully saturated rings. The number of alkyl halides is 1. The van der Waals surface area contributed by atoms with E-state index in [1.165, 1.54) is 0 Å². The number of nitrogen functional groups attached to an aromatic ring is 1. The zero-order valence-corrected chi connectivity index (χ0v) is 19.2. The normalized spacial score (nSPS) is 28.3. The van der Waals surface area contributed by atoms with Gasteiger partial charge in [0.1, 0.15) is 6.10 Å². The SMILES string of the molecule is [N-]=[N+]=NC1(COP(=O)(O)OP(=O)(O)OP(=O)(O)O)O[C@@H](n2cnc3c(=O)[nH]c(N)nc32)[C@H](F)[C@@H]1O. The number of H-pyrrole nitrogens is 1. The molecule has 0 saturated carbocycles. The largest absolute Gasteiger partial charge is 0.490 e. The van der Waals surface area contributed by atoms with Gasteiger partial charge >= 0.3 is 23.5 Å². The number of fused-ring (bicyclic) bond motifs is 1. The number of nitrogens with zero attached hydrogens (tertiary/aromatic N) is 6. The van der Waals surface area contributed by atoms with Crippen molar-refractivity contribution in [3.05, 3.63) is 27.1 Å². The molecular weight excluding hydrogens is 552 g/mol. The van der Waals surface area contributed by atoms with Crippen molar-refractivity contribution in [3.8, 4) is 0 Å². The van der Waals surface area contributed by atoms with Gasteiger partial charge < -0.3 is 35.2 Å². The number of aliphatic hydroxyl groups excluding tert-OH is 1. The molecule has 1 aliphatic rings. The first kappa shape index (κ1) is 27.3. The lowest BCUT2D eigenvalue weighted by Crippen LogP contribution is -2.44. The fraction of sp³-hybridized carbons (Fsp3) is 0.500. The fourth-order valence-electron chi connectivity index (χ4n) is 2.87. The van der Waals surface area contributed by atoms with Gasteiger partial charge in [-0.1, -0.05) is 5.11 Å². The lowest BCUT2D eigenvalue weighted by atomic mass is 10.1. The Morgan fingerprint density at radius 2 is 1.97 bits per heavy atom. The average molecular weight is 566 g/mol. The molecule has 194 valence electrons. The predicted octanol–water partition coefficient (Wildman–Crippen LogP) is -0.721. The minimum Gasteiger partial charge on any atom is -0.387 e. The predicted molar refractivity (Wildman–Crippen MR) is 105 cm³/mol. The average Bonchev–Trinajstić information content (AvgIpc) is 3.19. The Kier molecular flexibility index (Phi) is 7.26. The molecule has 6 atom stereocenters. The van der Waals surface area contributed by atoms with E-state index in [1.54, 1.807) is 0 Å². The first-order valence-electron chi connectivity index (χ1n) is 8.56. The molecule has 0 amide bonds. The molecule has 25 heteroatoms. The molecule has 0 radical (unpaired) electrons. The lowest BCUT2D eigenvalue weighted by Gasteiger charge is -2.27. The van der Waals surface area contributed by atoms with Gasteiger partial charge in [0.2, 0.25) is 11.7 Å². The number of anilines is 1. The molecule has 0 aliphatic carbocycles. The van der Waals surface area contributed by atoms with Crippen molar-refractivity contribution in [1.82, 2.24) is 19.5 Å². The number of phosphoric acid groups is 3. The van der Waals surface area contributed by atoms with Crippen LogP contribution in [0.4, 0.5) is 10.3 Å². The number of imidazole rings is 1. The fourth-order valence-corrected chi connectivity index (χ4v) is 5.91. The third kappa shape index (κ3) is 5.93. The molecule has 2 aromatic heterocycles. The number of hydrogen-bond acceptors (Lipinski definition) is 13. The molecule has 3 rings (SSSR count). The number of ether oxygens (including phenoxy) is 1. The van der Waals surface area contributed by atoms with Crippen LogP contribution in [-0.4, -0.2) is 68.8 Å². The molecule has 3 unspecified atom stereocenters. The van der Waals surface area contributed by atoms with Crippen molar-refractivity contribution in [2.75, 3.05) is 12.3 Å². The number of hydrogen-bond donors (Lipinski definition) is 7. The summed E-state index contributed by atoms with van der Waals surface area (Å²) in [6.07, 6.45) is -5.97. The highest BCUT2D eigenvalue weighted by molar-refractivity contribution is 7.66. The highest BCUT2D eigenvalue weighted by Crippen LogP contribution is 2.66. The number of nitrogens with one attached hydrogen (secondary N) is 1. The van der Waals surface area contributed by atoms with Crippen molar-refractivity contribution >= 4 is 40.6 Å². The molecule has 0 aromatic carbocycles. The molecule has 3 heterocycles. The van der Waals surface area contributed by atoms with Gasteiger partial charge in [0, 0.05) is 4.91 Å². The van der Waals surface area contributed by atoms with E-state index in [4.69, 9.17) is 25.8 Å². The van der Waals surface area contributed by atoms with E-state index in [-0.39, 0.29) is 11.2 Å². The Morgan fingerprint density at radius 1 is 1.31 bits per heavy atom. The molecule has 1 aliphatic heterocycles. The maximum absolute atomic E-state index is 15.0. The summed E-state index contributed by atoms with van der Waals surface area (Å²) in [6, 6.07) is 0. The molecule has 2 aromatic rings. The number of aliphatic hydroxyl groups is 1. The zero-order valence-electron chi connectivity index (χ0n) is 16.5.